The molecule has 3 fully saturated rings. The first-order chi connectivity index (χ1) is 23.4. The van der Waals surface area contributed by atoms with Crippen molar-refractivity contribution in [2.75, 3.05) is 38.0 Å². The number of fused-ring (bicyclic) bond motifs is 2. The van der Waals surface area contributed by atoms with Gasteiger partial charge in [-0.2, -0.15) is 5.10 Å². The summed E-state index contributed by atoms with van der Waals surface area (Å²) in [5.74, 6) is 0.450. The summed E-state index contributed by atoms with van der Waals surface area (Å²) in [5.41, 5.74) is 3.15. The zero-order valence-electron chi connectivity index (χ0n) is 27.9. The molecule has 5 heterocycles. The number of benzene rings is 1. The van der Waals surface area contributed by atoms with Crippen LogP contribution in [-0.4, -0.2) is 108 Å². The Bertz CT molecular complexity index is 1990. The van der Waals surface area contributed by atoms with Gasteiger partial charge in [0.1, 0.15) is 34.5 Å². The largest absolute Gasteiger partial charge is 0.340 e. The molecular weight excluding hydrogens is 690 g/mol. The standard InChI is InChI=1S/C35H38BrN9O4/c1-20-5-8-30(36)39-33(20)40-34(49)28-14-35(19-42-9-11-43(12-10-42)23(4)47)15-29(35)45(28)31(48)18-44-27-7-6-24(25-16-37-22(3)38-17-25)13-26(27)32(41-44)21(2)46/h5-8,13,16-17,28-29H,9-12,14-15,18-19H2,1-4H3,(H,39,40,49)/t28-,29?,35-/m0/s1. The molecule has 2 aliphatic heterocycles. The molecule has 1 saturated carbocycles. The van der Waals surface area contributed by atoms with Gasteiger partial charge in [-0.25, -0.2) is 15.0 Å². The molecule has 0 bridgehead atoms. The third-order valence-electron chi connectivity index (χ3n) is 10.2. The van der Waals surface area contributed by atoms with Gasteiger partial charge in [-0.1, -0.05) is 12.1 Å². The van der Waals surface area contributed by atoms with Crippen molar-refractivity contribution in [3.05, 3.63) is 64.4 Å². The van der Waals surface area contributed by atoms with Gasteiger partial charge in [0.05, 0.1) is 5.52 Å². The van der Waals surface area contributed by atoms with Crippen LogP contribution in [0.15, 0.2) is 47.3 Å². The summed E-state index contributed by atoms with van der Waals surface area (Å²) in [7, 11) is 0. The van der Waals surface area contributed by atoms with Crippen LogP contribution in [0.5, 0.6) is 0 Å². The summed E-state index contributed by atoms with van der Waals surface area (Å²) in [6, 6.07) is 8.51. The number of hydrogen-bond donors (Lipinski definition) is 1. The molecule has 7 rings (SSSR count). The van der Waals surface area contributed by atoms with Gasteiger partial charge in [0.15, 0.2) is 5.78 Å². The lowest BCUT2D eigenvalue weighted by atomic mass is 9.97. The van der Waals surface area contributed by atoms with E-state index in [9.17, 15) is 19.2 Å². The predicted octanol–water partition coefficient (Wildman–Crippen LogP) is 3.63. The molecule has 0 spiro atoms. The Kier molecular flexibility index (Phi) is 8.55. The molecule has 254 valence electrons. The number of carbonyl (C=O) groups excluding carboxylic acids is 4. The van der Waals surface area contributed by atoms with E-state index in [4.69, 9.17) is 0 Å². The number of aryl methyl sites for hydroxylation is 2. The number of amides is 3. The lowest BCUT2D eigenvalue weighted by molar-refractivity contribution is -0.138. The van der Waals surface area contributed by atoms with E-state index < -0.39 is 6.04 Å². The van der Waals surface area contributed by atoms with Gasteiger partial charge in [-0.15, -0.1) is 0 Å². The van der Waals surface area contributed by atoms with Gasteiger partial charge in [0.2, 0.25) is 17.7 Å². The first-order valence-corrected chi connectivity index (χ1v) is 17.3. The summed E-state index contributed by atoms with van der Waals surface area (Å²) in [6.07, 6.45) is 4.79. The highest BCUT2D eigenvalue weighted by Crippen LogP contribution is 2.60. The number of aromatic nitrogens is 5. The number of ketones is 1. The number of hydrogen-bond acceptors (Lipinski definition) is 9. The second kappa shape index (κ2) is 12.7. The van der Waals surface area contributed by atoms with E-state index in [1.165, 1.54) is 6.92 Å². The zero-order valence-corrected chi connectivity index (χ0v) is 29.5. The molecule has 4 aromatic rings. The number of likely N-dealkylation sites (tertiary alicyclic amines) is 1. The first-order valence-electron chi connectivity index (χ1n) is 16.5. The number of halogens is 1. The van der Waals surface area contributed by atoms with Crippen LogP contribution in [0, 0.1) is 19.3 Å². The lowest BCUT2D eigenvalue weighted by Gasteiger charge is -2.36. The molecular formula is C35H38BrN9O4. The van der Waals surface area contributed by atoms with E-state index in [1.54, 1.807) is 28.9 Å². The fourth-order valence-corrected chi connectivity index (χ4v) is 7.74. The van der Waals surface area contributed by atoms with Gasteiger partial charge in [0, 0.05) is 81.4 Å². The highest BCUT2D eigenvalue weighted by Gasteiger charge is 2.67. The molecule has 14 heteroatoms. The minimum absolute atomic E-state index is 0.0763. The SMILES string of the molecule is CC(=O)c1nn(CC(=O)N2C3C[C@]3(CN3CCN(C(C)=O)CC3)C[C@H]2C(=O)Nc2nc(Br)ccc2C)c2ccc(-c3cnc(C)nc3)cc12. The summed E-state index contributed by atoms with van der Waals surface area (Å²) in [5, 5.41) is 8.23. The van der Waals surface area contributed by atoms with Crippen molar-refractivity contribution in [2.45, 2.75) is 59.2 Å². The van der Waals surface area contributed by atoms with E-state index in [1.807, 2.05) is 49.1 Å². The molecule has 3 amide bonds. The number of nitrogens with one attached hydrogen (secondary N) is 1. The van der Waals surface area contributed by atoms with Crippen molar-refractivity contribution in [3.63, 3.8) is 0 Å². The molecule has 3 atom stereocenters. The maximum atomic E-state index is 14.3. The minimum atomic E-state index is -0.702. The summed E-state index contributed by atoms with van der Waals surface area (Å²) < 4.78 is 2.17. The average molecular weight is 729 g/mol. The van der Waals surface area contributed by atoms with Crippen LogP contribution in [0.3, 0.4) is 0 Å². The third-order valence-corrected chi connectivity index (χ3v) is 10.6. The molecule has 3 aliphatic rings. The Morgan fingerprint density at radius 2 is 1.69 bits per heavy atom. The highest BCUT2D eigenvalue weighted by atomic mass is 79.9. The van der Waals surface area contributed by atoms with E-state index in [0.29, 0.717) is 46.7 Å². The Morgan fingerprint density at radius 1 is 0.959 bits per heavy atom. The lowest BCUT2D eigenvalue weighted by Crippen LogP contribution is -2.49. The summed E-state index contributed by atoms with van der Waals surface area (Å²) >= 11 is 3.39. The average Bonchev–Trinajstić information content (AvgIpc) is 3.47. The number of pyridine rings is 1. The van der Waals surface area contributed by atoms with Crippen LogP contribution in [0.4, 0.5) is 5.82 Å². The van der Waals surface area contributed by atoms with E-state index in [2.05, 4.69) is 46.2 Å². The number of Topliss-reactive ketones (excluding diaryl/α,β-unsaturated/α-hetero) is 1. The van der Waals surface area contributed by atoms with E-state index in [0.717, 1.165) is 42.7 Å². The number of carbonyl (C=O) groups is 4. The highest BCUT2D eigenvalue weighted by molar-refractivity contribution is 9.10. The maximum Gasteiger partial charge on any atom is 0.248 e. The predicted molar refractivity (Wildman–Crippen MR) is 186 cm³/mol. The molecule has 13 nitrogen and oxygen atoms in total. The zero-order chi connectivity index (χ0) is 34.6. The quantitative estimate of drug-likeness (QED) is 0.212. The Balaban J connectivity index is 1.17. The normalized spacial score (nSPS) is 21.9. The topological polar surface area (TPSA) is 147 Å². The van der Waals surface area contributed by atoms with E-state index >= 15 is 0 Å². The number of nitrogens with zero attached hydrogens (tertiary/aromatic N) is 8. The van der Waals surface area contributed by atoms with Crippen LogP contribution in [0.1, 0.15) is 48.6 Å². The number of anilines is 1. The van der Waals surface area contributed by atoms with Crippen molar-refractivity contribution < 1.29 is 19.2 Å². The van der Waals surface area contributed by atoms with Gasteiger partial charge in [-0.05, 0) is 71.9 Å². The van der Waals surface area contributed by atoms with Gasteiger partial charge in [0.25, 0.3) is 0 Å². The van der Waals surface area contributed by atoms with Crippen molar-refractivity contribution in [3.8, 4) is 11.1 Å². The molecule has 49 heavy (non-hydrogen) atoms. The van der Waals surface area contributed by atoms with Crippen LogP contribution >= 0.6 is 15.9 Å². The van der Waals surface area contributed by atoms with Crippen LogP contribution < -0.4 is 5.32 Å². The number of rotatable bonds is 8. The van der Waals surface area contributed by atoms with Crippen molar-refractivity contribution in [2.24, 2.45) is 5.41 Å². The van der Waals surface area contributed by atoms with Gasteiger partial charge < -0.3 is 15.1 Å². The van der Waals surface area contributed by atoms with Crippen molar-refractivity contribution in [1.82, 2.24) is 39.4 Å². The number of piperazine rings is 1. The molecule has 1 N–H and O–H groups in total. The maximum absolute atomic E-state index is 14.3. The Labute approximate surface area is 292 Å². The molecule has 1 unspecified atom stereocenters. The smallest absolute Gasteiger partial charge is 0.248 e. The Hall–Kier alpha value is -4.56. The van der Waals surface area contributed by atoms with E-state index in [-0.39, 0.29) is 47.2 Å². The van der Waals surface area contributed by atoms with Crippen molar-refractivity contribution in [1.29, 1.82) is 0 Å². The monoisotopic (exact) mass is 727 g/mol. The van der Waals surface area contributed by atoms with Crippen LogP contribution in [0.25, 0.3) is 22.0 Å². The molecule has 2 saturated heterocycles. The molecule has 0 radical (unpaired) electrons. The van der Waals surface area contributed by atoms with Crippen molar-refractivity contribution >= 4 is 56.2 Å². The van der Waals surface area contributed by atoms with Gasteiger partial charge >= 0.3 is 0 Å². The fraction of sp³-hybridized carbons (Fsp3) is 0.429. The van der Waals surface area contributed by atoms with Gasteiger partial charge in [-0.3, -0.25) is 28.8 Å². The molecule has 3 aromatic heterocycles. The molecule has 1 aliphatic carbocycles. The van der Waals surface area contributed by atoms with Crippen LogP contribution in [-0.2, 0) is 20.9 Å². The summed E-state index contributed by atoms with van der Waals surface area (Å²) in [4.78, 5) is 71.9. The molecule has 1 aromatic carbocycles. The third kappa shape index (κ3) is 6.34. The van der Waals surface area contributed by atoms with Crippen LogP contribution in [0.2, 0.25) is 0 Å². The first kappa shape index (κ1) is 33.0. The minimum Gasteiger partial charge on any atom is -0.340 e. The number of piperidine rings is 1. The second-order valence-electron chi connectivity index (χ2n) is 13.5. The summed E-state index contributed by atoms with van der Waals surface area (Å²) in [6.45, 7) is 10.2. The Morgan fingerprint density at radius 3 is 2.39 bits per heavy atom. The second-order valence-corrected chi connectivity index (χ2v) is 14.3. The fourth-order valence-electron chi connectivity index (χ4n) is 7.43.